The molecular formula is C30H43NO4S. The summed E-state index contributed by atoms with van der Waals surface area (Å²) >= 11 is 1.62. The first kappa shape index (κ1) is 29.9. The Kier molecular flexibility index (Phi) is 12.5. The van der Waals surface area contributed by atoms with E-state index in [1.165, 1.54) is 10.4 Å². The summed E-state index contributed by atoms with van der Waals surface area (Å²) in [6, 6.07) is 14.5. The van der Waals surface area contributed by atoms with Crippen LogP contribution >= 0.6 is 11.3 Å². The molecule has 2 heterocycles. The second-order valence-electron chi connectivity index (χ2n) is 9.97. The number of thiophene rings is 1. The molecule has 2 atom stereocenters. The summed E-state index contributed by atoms with van der Waals surface area (Å²) in [5.41, 5.74) is 0.605. The molecule has 2 aromatic rings. The molecule has 2 N–H and O–H groups in total. The van der Waals surface area contributed by atoms with E-state index in [4.69, 9.17) is 5.11 Å². The number of hydrogen-bond acceptors (Lipinski definition) is 5. The molecule has 1 aliphatic rings. The molecule has 1 aliphatic heterocycles. The minimum atomic E-state index is -0.738. The normalized spacial score (nSPS) is 17.6. The van der Waals surface area contributed by atoms with E-state index in [9.17, 15) is 14.4 Å². The molecule has 1 amide bonds. The van der Waals surface area contributed by atoms with Gasteiger partial charge in [-0.3, -0.25) is 14.4 Å². The SMILES string of the molecule is CC(CO)CCc1ccc(C(=O)CCCCc2ccccc2)s1.CCC1(CC)C(=O)NC[C@@H](C)C1=O. The fraction of sp³-hybridized carbons (Fsp3) is 0.567. The first-order chi connectivity index (χ1) is 17.3. The number of rotatable bonds is 12. The van der Waals surface area contributed by atoms with Crippen molar-refractivity contribution in [2.45, 2.75) is 79.1 Å². The largest absolute Gasteiger partial charge is 0.396 e. The van der Waals surface area contributed by atoms with Crippen LogP contribution in [-0.2, 0) is 22.4 Å². The van der Waals surface area contributed by atoms with Gasteiger partial charge in [0.25, 0.3) is 0 Å². The van der Waals surface area contributed by atoms with Crippen LogP contribution in [0.5, 0.6) is 0 Å². The van der Waals surface area contributed by atoms with Crippen LogP contribution in [0.15, 0.2) is 42.5 Å². The third-order valence-electron chi connectivity index (χ3n) is 7.22. The van der Waals surface area contributed by atoms with Crippen molar-refractivity contribution in [2.75, 3.05) is 13.2 Å². The number of aryl methyl sites for hydroxylation is 2. The highest BCUT2D eigenvalue weighted by molar-refractivity contribution is 7.14. The lowest BCUT2D eigenvalue weighted by molar-refractivity contribution is -0.148. The van der Waals surface area contributed by atoms with Gasteiger partial charge in [0.05, 0.1) is 4.88 Å². The summed E-state index contributed by atoms with van der Waals surface area (Å²) in [4.78, 5) is 37.8. The Balaban J connectivity index is 0.000000297. The number of unbranched alkanes of at least 4 members (excludes halogenated alkanes) is 1. The predicted molar refractivity (Wildman–Crippen MR) is 147 cm³/mol. The summed E-state index contributed by atoms with van der Waals surface area (Å²) in [7, 11) is 0. The van der Waals surface area contributed by atoms with Gasteiger partial charge in [-0.2, -0.15) is 0 Å². The molecule has 1 aromatic carbocycles. The zero-order valence-electron chi connectivity index (χ0n) is 22.3. The summed E-state index contributed by atoms with van der Waals surface area (Å²) in [6.07, 6.45) is 6.83. The fourth-order valence-electron chi connectivity index (χ4n) is 4.54. The molecule has 6 heteroatoms. The Morgan fingerprint density at radius 1 is 1.08 bits per heavy atom. The smallest absolute Gasteiger partial charge is 0.233 e. The third kappa shape index (κ3) is 8.38. The van der Waals surface area contributed by atoms with Crippen molar-refractivity contribution in [3.05, 3.63) is 57.8 Å². The molecule has 1 fully saturated rings. The van der Waals surface area contributed by atoms with Gasteiger partial charge in [-0.15, -0.1) is 11.3 Å². The fourth-order valence-corrected chi connectivity index (χ4v) is 5.53. The quantitative estimate of drug-likeness (QED) is 0.206. The van der Waals surface area contributed by atoms with Gasteiger partial charge in [0.15, 0.2) is 11.6 Å². The lowest BCUT2D eigenvalue weighted by atomic mass is 9.71. The van der Waals surface area contributed by atoms with Crippen molar-refractivity contribution in [3.8, 4) is 0 Å². The van der Waals surface area contributed by atoms with Crippen LogP contribution in [0.4, 0.5) is 0 Å². The number of hydrogen-bond donors (Lipinski definition) is 2. The molecule has 198 valence electrons. The van der Waals surface area contributed by atoms with Crippen LogP contribution in [0.3, 0.4) is 0 Å². The standard InChI is InChI=1S/C20H26O2S.C10H17NO2/c1-16(15-21)11-12-18-13-14-20(23-18)19(22)10-6-5-9-17-7-3-2-4-8-17;1-4-10(5-2)8(12)7(3)6-11-9(10)13/h2-4,7-8,13-14,16,21H,5-6,9-12,15H2,1H3;7H,4-6H2,1-3H3,(H,11,13)/t;7-/m.1/s1. The Labute approximate surface area is 220 Å². The predicted octanol–water partition coefficient (Wildman–Crippen LogP) is 6.03. The Bertz CT molecular complexity index is 964. The highest BCUT2D eigenvalue weighted by atomic mass is 32.1. The van der Waals surface area contributed by atoms with Crippen molar-refractivity contribution in [2.24, 2.45) is 17.3 Å². The summed E-state index contributed by atoms with van der Waals surface area (Å²) < 4.78 is 0. The number of carbonyl (C=O) groups excluding carboxylic acids is 3. The zero-order valence-corrected chi connectivity index (χ0v) is 23.2. The van der Waals surface area contributed by atoms with E-state index in [-0.39, 0.29) is 30.0 Å². The van der Waals surface area contributed by atoms with E-state index in [1.807, 2.05) is 39.8 Å². The topological polar surface area (TPSA) is 83.5 Å². The van der Waals surface area contributed by atoms with Gasteiger partial charge in [0, 0.05) is 30.4 Å². The van der Waals surface area contributed by atoms with Gasteiger partial charge in [-0.1, -0.05) is 58.0 Å². The number of amides is 1. The maximum absolute atomic E-state index is 12.2. The lowest BCUT2D eigenvalue weighted by Gasteiger charge is -2.35. The first-order valence-electron chi connectivity index (χ1n) is 13.4. The monoisotopic (exact) mass is 513 g/mol. The zero-order chi connectivity index (χ0) is 26.6. The van der Waals surface area contributed by atoms with Gasteiger partial charge in [0.1, 0.15) is 5.41 Å². The van der Waals surface area contributed by atoms with Gasteiger partial charge >= 0.3 is 0 Å². The summed E-state index contributed by atoms with van der Waals surface area (Å²) in [5, 5.41) is 11.9. The summed E-state index contributed by atoms with van der Waals surface area (Å²) in [5.74, 6) is 0.596. The second kappa shape index (κ2) is 15.1. The number of aliphatic hydroxyl groups is 1. The van der Waals surface area contributed by atoms with Crippen LogP contribution in [0.1, 0.15) is 86.3 Å². The van der Waals surface area contributed by atoms with Crippen molar-refractivity contribution >= 4 is 28.8 Å². The van der Waals surface area contributed by atoms with Crippen LogP contribution in [0, 0.1) is 17.3 Å². The minimum Gasteiger partial charge on any atom is -0.396 e. The van der Waals surface area contributed by atoms with E-state index in [0.717, 1.165) is 37.0 Å². The average Bonchev–Trinajstić information content (AvgIpc) is 3.38. The molecule has 1 saturated heterocycles. The van der Waals surface area contributed by atoms with Crippen molar-refractivity contribution in [3.63, 3.8) is 0 Å². The van der Waals surface area contributed by atoms with Gasteiger partial charge in [0.2, 0.25) is 5.91 Å². The maximum Gasteiger partial charge on any atom is 0.233 e. The Hall–Kier alpha value is -2.31. The van der Waals surface area contributed by atoms with Crippen LogP contribution in [0.2, 0.25) is 0 Å². The molecule has 5 nitrogen and oxygen atoms in total. The van der Waals surface area contributed by atoms with Crippen molar-refractivity contribution in [1.82, 2.24) is 5.32 Å². The van der Waals surface area contributed by atoms with Gasteiger partial charge < -0.3 is 10.4 Å². The molecule has 0 radical (unpaired) electrons. The van der Waals surface area contributed by atoms with Crippen LogP contribution in [-0.4, -0.2) is 35.7 Å². The second-order valence-corrected chi connectivity index (χ2v) is 11.1. The Morgan fingerprint density at radius 2 is 1.78 bits per heavy atom. The summed E-state index contributed by atoms with van der Waals surface area (Å²) in [6.45, 7) is 8.46. The number of benzene rings is 1. The number of nitrogens with one attached hydrogen (secondary N) is 1. The lowest BCUT2D eigenvalue weighted by Crippen LogP contribution is -2.55. The minimum absolute atomic E-state index is 0.0300. The van der Waals surface area contributed by atoms with E-state index in [0.29, 0.717) is 31.7 Å². The highest BCUT2D eigenvalue weighted by Crippen LogP contribution is 2.33. The van der Waals surface area contributed by atoms with Crippen molar-refractivity contribution < 1.29 is 19.5 Å². The maximum atomic E-state index is 12.2. The molecule has 0 aliphatic carbocycles. The highest BCUT2D eigenvalue weighted by Gasteiger charge is 2.47. The van der Waals surface area contributed by atoms with E-state index in [1.54, 1.807) is 11.3 Å². The average molecular weight is 514 g/mol. The number of carbonyl (C=O) groups is 3. The number of aliphatic hydroxyl groups excluding tert-OH is 1. The number of ketones is 2. The molecule has 0 spiro atoms. The first-order valence-corrected chi connectivity index (χ1v) is 14.2. The van der Waals surface area contributed by atoms with Crippen LogP contribution in [0.25, 0.3) is 0 Å². The molecule has 3 rings (SSSR count). The molecule has 36 heavy (non-hydrogen) atoms. The number of piperidine rings is 1. The molecular weight excluding hydrogens is 470 g/mol. The molecule has 0 saturated carbocycles. The molecule has 1 unspecified atom stereocenters. The van der Waals surface area contributed by atoms with E-state index in [2.05, 4.69) is 35.6 Å². The third-order valence-corrected chi connectivity index (χ3v) is 8.41. The molecule has 0 bridgehead atoms. The van der Waals surface area contributed by atoms with E-state index < -0.39 is 5.41 Å². The van der Waals surface area contributed by atoms with E-state index >= 15 is 0 Å². The Morgan fingerprint density at radius 3 is 2.39 bits per heavy atom. The molecule has 1 aromatic heterocycles. The van der Waals surface area contributed by atoms with Gasteiger partial charge in [-0.25, -0.2) is 0 Å². The van der Waals surface area contributed by atoms with Gasteiger partial charge in [-0.05, 0) is 68.6 Å². The van der Waals surface area contributed by atoms with Crippen LogP contribution < -0.4 is 5.32 Å². The number of Topliss-reactive ketones (excluding diaryl/α,β-unsaturated/α-hetero) is 2. The van der Waals surface area contributed by atoms with Crippen molar-refractivity contribution in [1.29, 1.82) is 0 Å².